The van der Waals surface area contributed by atoms with Gasteiger partial charge in [-0.25, -0.2) is 4.68 Å². The predicted molar refractivity (Wildman–Crippen MR) is 111 cm³/mol. The molecule has 0 aliphatic carbocycles. The summed E-state index contributed by atoms with van der Waals surface area (Å²) in [7, 11) is 0. The van der Waals surface area contributed by atoms with Gasteiger partial charge in [0, 0.05) is 22.5 Å². The molecule has 2 aromatic carbocycles. The Balaban J connectivity index is 1.84. The Kier molecular flexibility index (Phi) is 5.62. The highest BCUT2D eigenvalue weighted by molar-refractivity contribution is 6.30. The van der Waals surface area contributed by atoms with Crippen molar-refractivity contribution in [2.45, 2.75) is 20.8 Å². The number of hydrogen-bond acceptors (Lipinski definition) is 3. The van der Waals surface area contributed by atoms with Gasteiger partial charge in [-0.2, -0.15) is 10.4 Å². The molecule has 1 amide bonds. The second-order valence-electron chi connectivity index (χ2n) is 6.59. The predicted octanol–water partition coefficient (Wildman–Crippen LogP) is 5.00. The van der Waals surface area contributed by atoms with Gasteiger partial charge in [-0.3, -0.25) is 4.79 Å². The monoisotopic (exact) mass is 390 g/mol. The summed E-state index contributed by atoms with van der Waals surface area (Å²) < 4.78 is 1.66. The lowest BCUT2D eigenvalue weighted by atomic mass is 10.0. The summed E-state index contributed by atoms with van der Waals surface area (Å²) >= 11 is 5.90. The van der Waals surface area contributed by atoms with Gasteiger partial charge in [0.25, 0.3) is 5.91 Å². The fraction of sp³-hybridized carbons (Fsp3) is 0.136. The van der Waals surface area contributed by atoms with Crippen molar-refractivity contribution in [3.05, 3.63) is 81.6 Å². The number of nitrogens with one attached hydrogen (secondary N) is 1. The van der Waals surface area contributed by atoms with Crippen molar-refractivity contribution in [1.29, 1.82) is 5.26 Å². The molecule has 1 N–H and O–H groups in total. The molecule has 0 saturated heterocycles. The van der Waals surface area contributed by atoms with Crippen molar-refractivity contribution < 1.29 is 4.79 Å². The van der Waals surface area contributed by atoms with Crippen LogP contribution in [0.5, 0.6) is 0 Å². The molecule has 0 spiro atoms. The molecule has 0 radical (unpaired) electrons. The number of amides is 1. The van der Waals surface area contributed by atoms with Gasteiger partial charge in [0.1, 0.15) is 11.6 Å². The highest BCUT2D eigenvalue weighted by Crippen LogP contribution is 2.23. The zero-order valence-corrected chi connectivity index (χ0v) is 16.6. The van der Waals surface area contributed by atoms with Crippen LogP contribution in [0, 0.1) is 32.1 Å². The molecule has 0 bridgehead atoms. The van der Waals surface area contributed by atoms with Crippen molar-refractivity contribution in [2.24, 2.45) is 0 Å². The Morgan fingerprint density at radius 1 is 1.18 bits per heavy atom. The zero-order valence-electron chi connectivity index (χ0n) is 15.8. The number of carbonyl (C=O) groups is 1. The quantitative estimate of drug-likeness (QED) is 0.503. The van der Waals surface area contributed by atoms with Crippen molar-refractivity contribution in [3.63, 3.8) is 0 Å². The standard InChI is InChI=1S/C22H19ClN4O/c1-14-8-15(2)21(16(3)9-14)26-22(28)18(11-24)10-17-12-25-27(13-17)20-6-4-19(23)5-7-20/h4-10,12-13H,1-3H3,(H,26,28)/b18-10+. The van der Waals surface area contributed by atoms with Gasteiger partial charge < -0.3 is 5.32 Å². The van der Waals surface area contributed by atoms with Crippen LogP contribution in [-0.4, -0.2) is 15.7 Å². The largest absolute Gasteiger partial charge is 0.321 e. The van der Waals surface area contributed by atoms with E-state index in [1.807, 2.05) is 51.1 Å². The third kappa shape index (κ3) is 4.30. The number of nitrogens with zero attached hydrogens (tertiary/aromatic N) is 3. The average Bonchev–Trinajstić information content (AvgIpc) is 3.11. The minimum atomic E-state index is -0.447. The number of aryl methyl sites for hydroxylation is 3. The molecule has 1 aromatic heterocycles. The fourth-order valence-electron chi connectivity index (χ4n) is 3.02. The minimum absolute atomic E-state index is 0.00929. The Morgan fingerprint density at radius 3 is 2.43 bits per heavy atom. The van der Waals surface area contributed by atoms with E-state index >= 15 is 0 Å². The molecule has 0 saturated carbocycles. The highest BCUT2D eigenvalue weighted by Gasteiger charge is 2.13. The normalized spacial score (nSPS) is 11.2. The van der Waals surface area contributed by atoms with Crippen molar-refractivity contribution in [3.8, 4) is 11.8 Å². The van der Waals surface area contributed by atoms with E-state index in [0.717, 1.165) is 28.1 Å². The Hall–Kier alpha value is -3.36. The Morgan fingerprint density at radius 2 is 1.82 bits per heavy atom. The SMILES string of the molecule is Cc1cc(C)c(NC(=O)/C(C#N)=C/c2cnn(-c3ccc(Cl)cc3)c2)c(C)c1. The molecule has 1 heterocycles. The second-order valence-corrected chi connectivity index (χ2v) is 7.03. The molecule has 3 aromatic rings. The first-order valence-electron chi connectivity index (χ1n) is 8.69. The number of halogens is 1. The number of anilines is 1. The number of benzene rings is 2. The van der Waals surface area contributed by atoms with Gasteiger partial charge in [0.05, 0.1) is 11.9 Å². The van der Waals surface area contributed by atoms with Gasteiger partial charge in [0.2, 0.25) is 0 Å². The summed E-state index contributed by atoms with van der Waals surface area (Å²) in [5.74, 6) is -0.447. The molecule has 0 aliphatic rings. The van der Waals surface area contributed by atoms with Crippen molar-refractivity contribution in [1.82, 2.24) is 9.78 Å². The molecule has 0 fully saturated rings. The molecule has 0 unspecified atom stereocenters. The molecule has 6 heteroatoms. The first-order chi connectivity index (χ1) is 13.4. The summed E-state index contributed by atoms with van der Waals surface area (Å²) in [5.41, 5.74) is 5.26. The van der Waals surface area contributed by atoms with Crippen molar-refractivity contribution in [2.75, 3.05) is 5.32 Å². The maximum Gasteiger partial charge on any atom is 0.266 e. The van der Waals surface area contributed by atoms with Crippen molar-refractivity contribution >= 4 is 29.3 Å². The molecular formula is C22H19ClN4O. The van der Waals surface area contributed by atoms with Gasteiger partial charge in [-0.1, -0.05) is 29.3 Å². The summed E-state index contributed by atoms with van der Waals surface area (Å²) in [6.07, 6.45) is 4.87. The van der Waals surface area contributed by atoms with E-state index in [-0.39, 0.29) is 5.57 Å². The first kappa shape index (κ1) is 19.4. The fourth-order valence-corrected chi connectivity index (χ4v) is 3.15. The smallest absolute Gasteiger partial charge is 0.266 e. The van der Waals surface area contributed by atoms with Crippen LogP contribution in [0.25, 0.3) is 11.8 Å². The maximum absolute atomic E-state index is 12.6. The topological polar surface area (TPSA) is 70.7 Å². The van der Waals surface area contributed by atoms with E-state index in [4.69, 9.17) is 11.6 Å². The summed E-state index contributed by atoms with van der Waals surface area (Å²) in [4.78, 5) is 12.6. The molecule has 5 nitrogen and oxygen atoms in total. The average molecular weight is 391 g/mol. The van der Waals surface area contributed by atoms with E-state index < -0.39 is 5.91 Å². The van der Waals surface area contributed by atoms with Crippen LogP contribution in [0.2, 0.25) is 5.02 Å². The third-order valence-electron chi connectivity index (χ3n) is 4.29. The Bertz CT molecular complexity index is 1080. The summed E-state index contributed by atoms with van der Waals surface area (Å²) in [5, 5.41) is 17.2. The van der Waals surface area contributed by atoms with Crippen LogP contribution in [-0.2, 0) is 4.79 Å². The van der Waals surface area contributed by atoms with Crippen LogP contribution in [0.15, 0.2) is 54.4 Å². The van der Waals surface area contributed by atoms with E-state index in [9.17, 15) is 10.1 Å². The minimum Gasteiger partial charge on any atom is -0.321 e. The number of hydrogen-bond donors (Lipinski definition) is 1. The van der Waals surface area contributed by atoms with Gasteiger partial charge in [0.15, 0.2) is 0 Å². The second kappa shape index (κ2) is 8.12. The Labute approximate surface area is 168 Å². The number of rotatable bonds is 4. The first-order valence-corrected chi connectivity index (χ1v) is 9.07. The van der Waals surface area contributed by atoms with Crippen LogP contribution >= 0.6 is 11.6 Å². The molecule has 3 rings (SSSR count). The summed E-state index contributed by atoms with van der Waals surface area (Å²) in [6, 6.07) is 13.2. The van der Waals surface area contributed by atoms with Crippen LogP contribution in [0.1, 0.15) is 22.3 Å². The molecule has 140 valence electrons. The van der Waals surface area contributed by atoms with Crippen LogP contribution < -0.4 is 5.32 Å². The van der Waals surface area contributed by atoms with E-state index in [2.05, 4.69) is 10.4 Å². The summed E-state index contributed by atoms with van der Waals surface area (Å²) in [6.45, 7) is 5.87. The lowest BCUT2D eigenvalue weighted by Gasteiger charge is -2.12. The third-order valence-corrected chi connectivity index (χ3v) is 4.54. The van der Waals surface area contributed by atoms with Crippen LogP contribution in [0.4, 0.5) is 5.69 Å². The zero-order chi connectivity index (χ0) is 20.3. The number of aromatic nitrogens is 2. The van der Waals surface area contributed by atoms with Gasteiger partial charge >= 0.3 is 0 Å². The maximum atomic E-state index is 12.6. The van der Waals surface area contributed by atoms with Gasteiger partial charge in [-0.05, 0) is 62.2 Å². The lowest BCUT2D eigenvalue weighted by Crippen LogP contribution is -2.15. The molecule has 0 aliphatic heterocycles. The van der Waals surface area contributed by atoms with Crippen LogP contribution in [0.3, 0.4) is 0 Å². The van der Waals surface area contributed by atoms with E-state index in [1.165, 1.54) is 6.08 Å². The van der Waals surface area contributed by atoms with Gasteiger partial charge in [-0.15, -0.1) is 0 Å². The van der Waals surface area contributed by atoms with E-state index in [0.29, 0.717) is 10.6 Å². The van der Waals surface area contributed by atoms with E-state index in [1.54, 1.807) is 29.2 Å². The molecule has 28 heavy (non-hydrogen) atoms. The highest BCUT2D eigenvalue weighted by atomic mass is 35.5. The molecular weight excluding hydrogens is 372 g/mol. The number of nitriles is 1. The number of carbonyl (C=O) groups excluding carboxylic acids is 1. The lowest BCUT2D eigenvalue weighted by molar-refractivity contribution is -0.112. The molecule has 0 atom stereocenters.